The molecule has 1 aliphatic heterocycles. The normalized spacial score (nSPS) is 20.7. The van der Waals surface area contributed by atoms with Crippen LogP contribution in [0.25, 0.3) is 0 Å². The molecule has 1 atom stereocenters. The van der Waals surface area contributed by atoms with Gasteiger partial charge in [-0.3, -0.25) is 0 Å². The van der Waals surface area contributed by atoms with Gasteiger partial charge >= 0.3 is 5.97 Å². The topological polar surface area (TPSA) is 69.0 Å². The molecule has 1 N–H and O–H groups in total. The zero-order chi connectivity index (χ0) is 11.4. The van der Waals surface area contributed by atoms with Crippen LogP contribution < -0.4 is 5.32 Å². The van der Waals surface area contributed by atoms with Crippen molar-refractivity contribution in [1.82, 2.24) is 20.3 Å². The Bertz CT molecular complexity index is 357. The van der Waals surface area contributed by atoms with E-state index in [-0.39, 0.29) is 5.97 Å². The summed E-state index contributed by atoms with van der Waals surface area (Å²) in [6.45, 7) is 2.77. The Morgan fingerprint density at radius 3 is 3.31 bits per heavy atom. The maximum Gasteiger partial charge on any atom is 0.358 e. The summed E-state index contributed by atoms with van der Waals surface area (Å²) < 4.78 is 6.30. The maximum atomic E-state index is 11.4. The minimum Gasteiger partial charge on any atom is -0.464 e. The average Bonchev–Trinajstić information content (AvgIpc) is 2.77. The number of hydrogen-bond acceptors (Lipinski definition) is 5. The molecule has 1 aromatic heterocycles. The fourth-order valence-corrected chi connectivity index (χ4v) is 1.98. The smallest absolute Gasteiger partial charge is 0.358 e. The van der Waals surface area contributed by atoms with E-state index in [0.29, 0.717) is 11.6 Å². The number of rotatable bonds is 3. The molecule has 1 aliphatic rings. The Balaban J connectivity index is 2.03. The molecule has 2 heterocycles. The number of aromatic nitrogens is 3. The summed E-state index contributed by atoms with van der Waals surface area (Å²) in [5.74, 6) is 0.132. The molecule has 6 heteroatoms. The third kappa shape index (κ3) is 2.38. The Labute approximate surface area is 94.0 Å². The predicted molar refractivity (Wildman–Crippen MR) is 57.0 cm³/mol. The van der Waals surface area contributed by atoms with Gasteiger partial charge in [0.05, 0.1) is 13.3 Å². The van der Waals surface area contributed by atoms with Gasteiger partial charge in [0.1, 0.15) is 0 Å². The lowest BCUT2D eigenvalue weighted by molar-refractivity contribution is 0.0584. The van der Waals surface area contributed by atoms with Crippen LogP contribution >= 0.6 is 0 Å². The summed E-state index contributed by atoms with van der Waals surface area (Å²) in [5.41, 5.74) is 0.424. The van der Waals surface area contributed by atoms with E-state index in [1.54, 1.807) is 4.68 Å². The van der Waals surface area contributed by atoms with Crippen molar-refractivity contribution in [3.63, 3.8) is 0 Å². The summed E-state index contributed by atoms with van der Waals surface area (Å²) in [7, 11) is 1.36. The minimum absolute atomic E-state index is 0.381. The van der Waals surface area contributed by atoms with Crippen LogP contribution in [0.1, 0.15) is 23.3 Å². The van der Waals surface area contributed by atoms with Gasteiger partial charge < -0.3 is 10.1 Å². The van der Waals surface area contributed by atoms with Crippen molar-refractivity contribution in [2.24, 2.45) is 5.92 Å². The highest BCUT2D eigenvalue weighted by Crippen LogP contribution is 2.13. The van der Waals surface area contributed by atoms with Gasteiger partial charge in [-0.25, -0.2) is 9.48 Å². The fourth-order valence-electron chi connectivity index (χ4n) is 1.98. The van der Waals surface area contributed by atoms with Crippen LogP contribution in [-0.4, -0.2) is 41.2 Å². The van der Waals surface area contributed by atoms with E-state index in [0.717, 1.165) is 26.1 Å². The second kappa shape index (κ2) is 5.07. The third-order valence-corrected chi connectivity index (χ3v) is 2.84. The van der Waals surface area contributed by atoms with E-state index in [9.17, 15) is 4.79 Å². The van der Waals surface area contributed by atoms with Crippen molar-refractivity contribution in [1.29, 1.82) is 0 Å². The van der Waals surface area contributed by atoms with Crippen LogP contribution in [0.15, 0.2) is 6.20 Å². The number of ether oxygens (including phenoxy) is 1. The van der Waals surface area contributed by atoms with E-state index in [1.807, 2.05) is 0 Å². The van der Waals surface area contributed by atoms with Crippen LogP contribution in [0.2, 0.25) is 0 Å². The van der Waals surface area contributed by atoms with Crippen LogP contribution in [0.5, 0.6) is 0 Å². The van der Waals surface area contributed by atoms with Crippen molar-refractivity contribution in [2.75, 3.05) is 20.2 Å². The van der Waals surface area contributed by atoms with Gasteiger partial charge in [-0.05, 0) is 31.8 Å². The van der Waals surface area contributed by atoms with Gasteiger partial charge in [0.2, 0.25) is 0 Å². The van der Waals surface area contributed by atoms with Gasteiger partial charge in [-0.15, -0.1) is 5.10 Å². The molecule has 0 aliphatic carbocycles. The lowest BCUT2D eigenvalue weighted by Crippen LogP contribution is -2.33. The van der Waals surface area contributed by atoms with Crippen molar-refractivity contribution in [3.8, 4) is 0 Å². The molecular formula is C10H16N4O2. The van der Waals surface area contributed by atoms with Crippen molar-refractivity contribution < 1.29 is 9.53 Å². The summed E-state index contributed by atoms with van der Waals surface area (Å²) in [6.07, 6.45) is 3.78. The molecule has 0 bridgehead atoms. The number of esters is 1. The molecule has 88 valence electrons. The second-order valence-electron chi connectivity index (χ2n) is 4.01. The van der Waals surface area contributed by atoms with Gasteiger partial charge in [0, 0.05) is 6.54 Å². The molecule has 0 spiro atoms. The monoisotopic (exact) mass is 224 g/mol. The molecule has 16 heavy (non-hydrogen) atoms. The maximum absolute atomic E-state index is 11.4. The lowest BCUT2D eigenvalue weighted by atomic mass is 10.00. The number of methoxy groups -OCH3 is 1. The number of nitrogens with one attached hydrogen (secondary N) is 1. The molecule has 0 aromatic carbocycles. The molecule has 0 saturated carbocycles. The summed E-state index contributed by atoms with van der Waals surface area (Å²) in [4.78, 5) is 11.4. The number of hydrogen-bond donors (Lipinski definition) is 1. The largest absolute Gasteiger partial charge is 0.464 e. The van der Waals surface area contributed by atoms with E-state index >= 15 is 0 Å². The zero-order valence-corrected chi connectivity index (χ0v) is 9.35. The Morgan fingerprint density at radius 1 is 1.75 bits per heavy atom. The molecule has 0 radical (unpaired) electrons. The van der Waals surface area contributed by atoms with Crippen LogP contribution in [0.3, 0.4) is 0 Å². The molecule has 1 aromatic rings. The second-order valence-corrected chi connectivity index (χ2v) is 4.01. The molecule has 1 saturated heterocycles. The summed E-state index contributed by atoms with van der Waals surface area (Å²) in [5, 5.41) is 11.0. The number of piperidine rings is 1. The standard InChI is InChI=1S/C10H16N4O2/c1-16-10(15)9-6-12-13-14(9)7-8-3-2-4-11-5-8/h6,8,11H,2-5,7H2,1H3. The highest BCUT2D eigenvalue weighted by atomic mass is 16.5. The third-order valence-electron chi connectivity index (χ3n) is 2.84. The Morgan fingerprint density at radius 2 is 2.62 bits per heavy atom. The average molecular weight is 224 g/mol. The lowest BCUT2D eigenvalue weighted by Gasteiger charge is -2.22. The molecule has 2 rings (SSSR count). The predicted octanol–water partition coefficient (Wildman–Crippen LogP) is 0.0643. The van der Waals surface area contributed by atoms with Crippen LogP contribution in [0, 0.1) is 5.92 Å². The van der Waals surface area contributed by atoms with Gasteiger partial charge in [0.25, 0.3) is 0 Å². The number of carbonyl (C=O) groups excluding carboxylic acids is 1. The molecule has 1 fully saturated rings. The van der Waals surface area contributed by atoms with Gasteiger partial charge in [-0.2, -0.15) is 0 Å². The first kappa shape index (κ1) is 11.1. The fraction of sp³-hybridized carbons (Fsp3) is 0.700. The van der Waals surface area contributed by atoms with Crippen LogP contribution in [-0.2, 0) is 11.3 Å². The van der Waals surface area contributed by atoms with Gasteiger partial charge in [0.15, 0.2) is 5.69 Å². The number of nitrogens with zero attached hydrogens (tertiary/aromatic N) is 3. The van der Waals surface area contributed by atoms with Crippen molar-refractivity contribution in [2.45, 2.75) is 19.4 Å². The van der Waals surface area contributed by atoms with E-state index in [2.05, 4.69) is 20.4 Å². The molecular weight excluding hydrogens is 208 g/mol. The Hall–Kier alpha value is -1.43. The first-order valence-electron chi connectivity index (χ1n) is 5.49. The van der Waals surface area contributed by atoms with E-state index < -0.39 is 0 Å². The van der Waals surface area contributed by atoms with E-state index in [4.69, 9.17) is 0 Å². The SMILES string of the molecule is COC(=O)c1cnnn1CC1CCCNC1. The molecule has 1 unspecified atom stereocenters. The minimum atomic E-state index is -0.381. The first-order valence-corrected chi connectivity index (χ1v) is 5.49. The first-order chi connectivity index (χ1) is 7.81. The van der Waals surface area contributed by atoms with Crippen molar-refractivity contribution >= 4 is 5.97 Å². The highest BCUT2D eigenvalue weighted by molar-refractivity contribution is 5.86. The molecule has 0 amide bonds. The summed E-state index contributed by atoms with van der Waals surface area (Å²) >= 11 is 0. The highest BCUT2D eigenvalue weighted by Gasteiger charge is 2.18. The quantitative estimate of drug-likeness (QED) is 0.735. The van der Waals surface area contributed by atoms with Gasteiger partial charge in [-0.1, -0.05) is 5.21 Å². The molecule has 6 nitrogen and oxygen atoms in total. The number of carbonyl (C=O) groups is 1. The van der Waals surface area contributed by atoms with E-state index in [1.165, 1.54) is 19.7 Å². The van der Waals surface area contributed by atoms with Crippen molar-refractivity contribution in [3.05, 3.63) is 11.9 Å². The Kier molecular flexibility index (Phi) is 3.51. The summed E-state index contributed by atoms with van der Waals surface area (Å²) in [6, 6.07) is 0. The zero-order valence-electron chi connectivity index (χ0n) is 9.35. The van der Waals surface area contributed by atoms with Crippen LogP contribution in [0.4, 0.5) is 0 Å².